The number of hydrogen-bond donors (Lipinski definition) is 3. The molecule has 0 saturated heterocycles. The van der Waals surface area contributed by atoms with Gasteiger partial charge in [0.05, 0.1) is 6.61 Å². The minimum Gasteiger partial charge on any atom is -0.477 e. The Morgan fingerprint density at radius 3 is 2.74 bits per heavy atom. The van der Waals surface area contributed by atoms with Crippen molar-refractivity contribution in [2.75, 3.05) is 11.9 Å². The summed E-state index contributed by atoms with van der Waals surface area (Å²) in [7, 11) is -3.65. The standard InChI is InChI=1S/C18H21N5O3S/c19-27(20,25)16-15(22-23-7-2-8-26-18(16)23)17(24)21-14-12-4-1-3-10(12)9-11-5-6-13(11)14/h9H,1-8H2,(H,21,24)(H3,19,20,25). The van der Waals surface area contributed by atoms with Gasteiger partial charge in [-0.2, -0.15) is 5.10 Å². The minimum absolute atomic E-state index is 0.0712. The zero-order chi connectivity index (χ0) is 18.8. The zero-order valence-corrected chi connectivity index (χ0v) is 15.7. The molecule has 0 saturated carbocycles. The summed E-state index contributed by atoms with van der Waals surface area (Å²) in [4.78, 5) is 13.0. The molecule has 27 heavy (non-hydrogen) atoms. The van der Waals surface area contributed by atoms with Crippen LogP contribution in [0.1, 0.15) is 45.6 Å². The molecule has 2 heterocycles. The van der Waals surface area contributed by atoms with Crippen molar-refractivity contribution in [3.63, 3.8) is 0 Å². The highest BCUT2D eigenvalue weighted by molar-refractivity contribution is 7.90. The maximum atomic E-state index is 13.1. The molecule has 5 rings (SSSR count). The highest BCUT2D eigenvalue weighted by Crippen LogP contribution is 2.40. The van der Waals surface area contributed by atoms with Crippen molar-refractivity contribution in [1.82, 2.24) is 9.78 Å². The highest BCUT2D eigenvalue weighted by Gasteiger charge is 2.33. The average Bonchev–Trinajstić information content (AvgIpc) is 3.21. The Morgan fingerprint density at radius 1 is 1.22 bits per heavy atom. The van der Waals surface area contributed by atoms with Crippen LogP contribution >= 0.6 is 0 Å². The first-order valence-electron chi connectivity index (χ1n) is 9.21. The Bertz CT molecular complexity index is 1090. The molecule has 0 bridgehead atoms. The second-order valence-corrected chi connectivity index (χ2v) is 8.95. The van der Waals surface area contributed by atoms with Crippen molar-refractivity contribution in [2.24, 2.45) is 5.14 Å². The van der Waals surface area contributed by atoms with Crippen LogP contribution in [0, 0.1) is 4.78 Å². The molecule has 2 aromatic rings. The van der Waals surface area contributed by atoms with Gasteiger partial charge in [0.15, 0.2) is 10.6 Å². The number of benzene rings is 1. The van der Waals surface area contributed by atoms with E-state index in [-0.39, 0.29) is 16.5 Å². The lowest BCUT2D eigenvalue weighted by Gasteiger charge is -2.26. The van der Waals surface area contributed by atoms with E-state index >= 15 is 0 Å². The van der Waals surface area contributed by atoms with Gasteiger partial charge >= 0.3 is 0 Å². The zero-order valence-electron chi connectivity index (χ0n) is 14.8. The molecule has 0 spiro atoms. The number of aromatic nitrogens is 2. The van der Waals surface area contributed by atoms with Gasteiger partial charge in [0, 0.05) is 18.7 Å². The summed E-state index contributed by atoms with van der Waals surface area (Å²) < 4.78 is 27.2. The maximum Gasteiger partial charge on any atom is 0.277 e. The third kappa shape index (κ3) is 2.56. The molecule has 1 aromatic heterocycles. The highest BCUT2D eigenvalue weighted by atomic mass is 32.2. The molecule has 1 aliphatic heterocycles. The second kappa shape index (κ2) is 5.80. The molecular weight excluding hydrogens is 366 g/mol. The van der Waals surface area contributed by atoms with E-state index < -0.39 is 15.8 Å². The summed E-state index contributed by atoms with van der Waals surface area (Å²) >= 11 is 0. The summed E-state index contributed by atoms with van der Waals surface area (Å²) in [6.45, 7) is 0.968. The third-order valence-electron chi connectivity index (χ3n) is 5.62. The first kappa shape index (κ1) is 16.8. The lowest BCUT2D eigenvalue weighted by atomic mass is 9.83. The van der Waals surface area contributed by atoms with E-state index in [0.717, 1.165) is 44.2 Å². The fourth-order valence-corrected chi connectivity index (χ4v) is 5.14. The van der Waals surface area contributed by atoms with Crippen molar-refractivity contribution < 1.29 is 13.7 Å². The molecule has 142 valence electrons. The number of carbonyl (C=O) groups excluding carboxylic acids is 1. The lowest BCUT2D eigenvalue weighted by Crippen LogP contribution is -2.23. The molecule has 1 atom stereocenters. The number of rotatable bonds is 3. The largest absolute Gasteiger partial charge is 0.477 e. The van der Waals surface area contributed by atoms with Crippen LogP contribution in [0.2, 0.25) is 0 Å². The van der Waals surface area contributed by atoms with Crippen LogP contribution in [0.3, 0.4) is 0 Å². The molecule has 1 aromatic carbocycles. The van der Waals surface area contributed by atoms with Crippen molar-refractivity contribution >= 4 is 21.5 Å². The second-order valence-electron chi connectivity index (χ2n) is 7.34. The number of fused-ring (bicyclic) bond motifs is 3. The van der Waals surface area contributed by atoms with Gasteiger partial charge in [-0.05, 0) is 54.4 Å². The van der Waals surface area contributed by atoms with Gasteiger partial charge < -0.3 is 10.1 Å². The Kier molecular flexibility index (Phi) is 3.60. The van der Waals surface area contributed by atoms with Gasteiger partial charge in [0.2, 0.25) is 5.88 Å². The van der Waals surface area contributed by atoms with Gasteiger partial charge in [0.1, 0.15) is 9.92 Å². The van der Waals surface area contributed by atoms with E-state index in [1.807, 2.05) is 0 Å². The number of amides is 1. The predicted octanol–water partition coefficient (Wildman–Crippen LogP) is 1.78. The predicted molar refractivity (Wildman–Crippen MR) is 99.5 cm³/mol. The number of nitrogens with two attached hydrogens (primary N) is 1. The van der Waals surface area contributed by atoms with Gasteiger partial charge in [-0.3, -0.25) is 4.79 Å². The van der Waals surface area contributed by atoms with Gasteiger partial charge in [0.25, 0.3) is 5.91 Å². The van der Waals surface area contributed by atoms with E-state index in [1.165, 1.54) is 26.9 Å². The number of nitrogens with zero attached hydrogens (tertiary/aromatic N) is 2. The van der Waals surface area contributed by atoms with Crippen molar-refractivity contribution in [3.05, 3.63) is 34.0 Å². The Labute approximate surface area is 157 Å². The summed E-state index contributed by atoms with van der Waals surface area (Å²) in [6.07, 6.45) is 5.78. The Hall–Kier alpha value is -2.39. The SMILES string of the molecule is N=S(N)(=O)c1c(C(=O)Nc2c3c(cc4c2CC4)CCC3)nn2c1OCCC2. The van der Waals surface area contributed by atoms with Crippen LogP contribution in [0.5, 0.6) is 5.88 Å². The van der Waals surface area contributed by atoms with E-state index in [9.17, 15) is 9.00 Å². The van der Waals surface area contributed by atoms with Gasteiger partial charge in [-0.15, -0.1) is 0 Å². The molecule has 8 nitrogen and oxygen atoms in total. The van der Waals surface area contributed by atoms with Crippen molar-refractivity contribution in [1.29, 1.82) is 4.78 Å². The molecule has 4 N–H and O–H groups in total. The summed E-state index contributed by atoms with van der Waals surface area (Å²) in [5.74, 6) is -0.296. The number of carbonyl (C=O) groups is 1. The molecule has 3 aliphatic rings. The minimum atomic E-state index is -3.65. The average molecular weight is 387 g/mol. The summed E-state index contributed by atoms with van der Waals surface area (Å²) in [6, 6.07) is 2.27. The number of aryl methyl sites for hydroxylation is 3. The molecule has 1 amide bonds. The fraction of sp³-hybridized carbons (Fsp3) is 0.444. The maximum absolute atomic E-state index is 13.1. The van der Waals surface area contributed by atoms with Crippen LogP contribution in [0.25, 0.3) is 0 Å². The number of anilines is 1. The van der Waals surface area contributed by atoms with Crippen LogP contribution in [0.15, 0.2) is 11.0 Å². The summed E-state index contributed by atoms with van der Waals surface area (Å²) in [5.41, 5.74) is 5.79. The Balaban J connectivity index is 1.58. The molecule has 1 unspecified atom stereocenters. The third-order valence-corrected chi connectivity index (χ3v) is 6.59. The first-order chi connectivity index (χ1) is 12.9. The van der Waals surface area contributed by atoms with Crippen LogP contribution < -0.4 is 15.2 Å². The van der Waals surface area contributed by atoms with Crippen molar-refractivity contribution in [3.8, 4) is 5.88 Å². The van der Waals surface area contributed by atoms with E-state index in [1.54, 1.807) is 0 Å². The molecule has 9 heteroatoms. The lowest BCUT2D eigenvalue weighted by molar-refractivity contribution is 0.101. The monoisotopic (exact) mass is 387 g/mol. The van der Waals surface area contributed by atoms with Crippen LogP contribution in [0.4, 0.5) is 5.69 Å². The Morgan fingerprint density at radius 2 is 2.00 bits per heavy atom. The molecule has 0 radical (unpaired) electrons. The van der Waals surface area contributed by atoms with E-state index in [0.29, 0.717) is 13.2 Å². The van der Waals surface area contributed by atoms with Crippen LogP contribution in [-0.4, -0.2) is 26.5 Å². The number of ether oxygens (including phenoxy) is 1. The van der Waals surface area contributed by atoms with E-state index in [2.05, 4.69) is 16.5 Å². The normalized spacial score (nSPS) is 19.1. The van der Waals surface area contributed by atoms with Gasteiger partial charge in [-0.1, -0.05) is 6.07 Å². The quantitative estimate of drug-likeness (QED) is 0.743. The molecule has 2 aliphatic carbocycles. The fourth-order valence-electron chi connectivity index (χ4n) is 4.29. The van der Waals surface area contributed by atoms with Crippen LogP contribution in [-0.2, 0) is 42.1 Å². The first-order valence-corrected chi connectivity index (χ1v) is 10.8. The molecular formula is C18H21N5O3S. The topological polar surface area (TPSA) is 123 Å². The number of hydrogen-bond acceptors (Lipinski definition) is 5. The number of nitrogens with one attached hydrogen (secondary N) is 2. The smallest absolute Gasteiger partial charge is 0.277 e. The van der Waals surface area contributed by atoms with Gasteiger partial charge in [-0.25, -0.2) is 18.8 Å². The molecule has 0 fully saturated rings. The summed E-state index contributed by atoms with van der Waals surface area (Å²) in [5, 5.41) is 12.9. The van der Waals surface area contributed by atoms with Crippen molar-refractivity contribution in [2.45, 2.75) is 50.0 Å². The van der Waals surface area contributed by atoms with E-state index in [4.69, 9.17) is 14.7 Å².